The molecule has 1 aliphatic rings. The zero-order valence-corrected chi connectivity index (χ0v) is 16.0. The fraction of sp³-hybridized carbons (Fsp3) is 0.600. The van der Waals surface area contributed by atoms with Crippen LogP contribution in [0.5, 0.6) is 0 Å². The van der Waals surface area contributed by atoms with Crippen LogP contribution in [0.4, 0.5) is 10.5 Å². The lowest BCUT2D eigenvalue weighted by Gasteiger charge is -2.30. The summed E-state index contributed by atoms with van der Waals surface area (Å²) in [7, 11) is 0. The summed E-state index contributed by atoms with van der Waals surface area (Å²) >= 11 is 0. The van der Waals surface area contributed by atoms with E-state index in [0.717, 1.165) is 25.9 Å². The lowest BCUT2D eigenvalue weighted by molar-refractivity contribution is 0.0697. The molecule has 1 heterocycles. The normalized spacial score (nSPS) is 16.4. The molecule has 6 heteroatoms. The average Bonchev–Trinajstić information content (AvgIpc) is 2.61. The van der Waals surface area contributed by atoms with E-state index < -0.39 is 0 Å². The van der Waals surface area contributed by atoms with Crippen LogP contribution in [0.2, 0.25) is 0 Å². The number of aliphatic hydroxyl groups is 1. The largest absolute Gasteiger partial charge is 0.394 e. The van der Waals surface area contributed by atoms with Gasteiger partial charge in [-0.2, -0.15) is 0 Å². The van der Waals surface area contributed by atoms with E-state index in [4.69, 9.17) is 0 Å². The minimum absolute atomic E-state index is 0.0465. The number of piperidine rings is 1. The number of aliphatic hydroxyl groups excluding tert-OH is 1. The molecule has 0 radical (unpaired) electrons. The third-order valence-corrected chi connectivity index (χ3v) is 4.77. The Hall–Kier alpha value is -2.08. The first-order valence-corrected chi connectivity index (χ1v) is 9.46. The number of amides is 3. The highest BCUT2D eigenvalue weighted by atomic mass is 16.3. The number of benzene rings is 1. The van der Waals surface area contributed by atoms with Crippen LogP contribution in [0, 0.1) is 11.8 Å². The second-order valence-electron chi connectivity index (χ2n) is 7.66. The number of urea groups is 1. The van der Waals surface area contributed by atoms with Crippen LogP contribution in [0.1, 0.15) is 50.4 Å². The maximum absolute atomic E-state index is 12.5. The monoisotopic (exact) mass is 361 g/mol. The number of likely N-dealkylation sites (tertiary alicyclic amines) is 1. The zero-order valence-electron chi connectivity index (χ0n) is 16.0. The van der Waals surface area contributed by atoms with Gasteiger partial charge in [-0.15, -0.1) is 0 Å². The summed E-state index contributed by atoms with van der Waals surface area (Å²) in [5, 5.41) is 14.9. The molecule has 1 saturated heterocycles. The van der Waals surface area contributed by atoms with Crippen LogP contribution in [0.25, 0.3) is 0 Å². The van der Waals surface area contributed by atoms with Crippen molar-refractivity contribution >= 4 is 17.6 Å². The molecule has 0 saturated carbocycles. The van der Waals surface area contributed by atoms with Crippen molar-refractivity contribution in [3.63, 3.8) is 0 Å². The summed E-state index contributed by atoms with van der Waals surface area (Å²) in [6.07, 6.45) is 2.81. The second-order valence-corrected chi connectivity index (χ2v) is 7.66. The number of hydrogen-bond acceptors (Lipinski definition) is 3. The molecular weight excluding hydrogens is 330 g/mol. The second kappa shape index (κ2) is 9.57. The number of nitrogens with zero attached hydrogens (tertiary/aromatic N) is 1. The van der Waals surface area contributed by atoms with Crippen molar-refractivity contribution in [3.05, 3.63) is 29.8 Å². The summed E-state index contributed by atoms with van der Waals surface area (Å²) in [6, 6.07) is 6.33. The van der Waals surface area contributed by atoms with Gasteiger partial charge in [-0.05, 0) is 55.4 Å². The Bertz CT molecular complexity index is 593. The number of carbonyl (C=O) groups is 2. The van der Waals surface area contributed by atoms with E-state index >= 15 is 0 Å². The molecule has 1 aromatic carbocycles. The molecule has 3 amide bonds. The van der Waals surface area contributed by atoms with Gasteiger partial charge in [0.05, 0.1) is 12.6 Å². The summed E-state index contributed by atoms with van der Waals surface area (Å²) < 4.78 is 0. The van der Waals surface area contributed by atoms with E-state index in [2.05, 4.69) is 17.6 Å². The lowest BCUT2D eigenvalue weighted by atomic mass is 9.98. The highest BCUT2D eigenvalue weighted by molar-refractivity contribution is 5.95. The third-order valence-electron chi connectivity index (χ3n) is 4.77. The number of nitrogens with one attached hydrogen (secondary N) is 2. The molecule has 1 fully saturated rings. The van der Waals surface area contributed by atoms with Crippen molar-refractivity contribution in [2.45, 2.75) is 46.1 Å². The van der Waals surface area contributed by atoms with Crippen LogP contribution in [-0.2, 0) is 0 Å². The Balaban J connectivity index is 1.88. The van der Waals surface area contributed by atoms with Crippen LogP contribution in [0.3, 0.4) is 0 Å². The molecule has 0 spiro atoms. The topological polar surface area (TPSA) is 81.7 Å². The fourth-order valence-electron chi connectivity index (χ4n) is 3.19. The number of anilines is 1. The molecular formula is C20H31N3O3. The minimum atomic E-state index is -0.353. The molecule has 0 aliphatic carbocycles. The number of rotatable bonds is 6. The van der Waals surface area contributed by atoms with Crippen LogP contribution >= 0.6 is 0 Å². The van der Waals surface area contributed by atoms with Crippen molar-refractivity contribution in [1.29, 1.82) is 0 Å². The molecule has 1 aliphatic heterocycles. The minimum Gasteiger partial charge on any atom is -0.394 e. The SMILES string of the molecule is CC(C)CC(CO)NC(=O)Nc1ccc(C(=O)N2CCC(C)CC2)cc1. The van der Waals surface area contributed by atoms with E-state index in [-0.39, 0.29) is 24.6 Å². The van der Waals surface area contributed by atoms with Crippen molar-refractivity contribution < 1.29 is 14.7 Å². The quantitative estimate of drug-likeness (QED) is 0.728. The van der Waals surface area contributed by atoms with Crippen LogP contribution < -0.4 is 10.6 Å². The first-order chi connectivity index (χ1) is 12.4. The first-order valence-electron chi connectivity index (χ1n) is 9.46. The fourth-order valence-corrected chi connectivity index (χ4v) is 3.19. The Morgan fingerprint density at radius 2 is 1.81 bits per heavy atom. The van der Waals surface area contributed by atoms with E-state index in [1.807, 2.05) is 18.7 Å². The van der Waals surface area contributed by atoms with Crippen LogP contribution in [-0.4, -0.2) is 47.7 Å². The highest BCUT2D eigenvalue weighted by Gasteiger charge is 2.21. The summed E-state index contributed by atoms with van der Waals surface area (Å²) in [5.74, 6) is 1.11. The Labute approximate surface area is 156 Å². The number of hydrogen-bond donors (Lipinski definition) is 3. The Morgan fingerprint density at radius 1 is 1.19 bits per heavy atom. The van der Waals surface area contributed by atoms with Gasteiger partial charge < -0.3 is 20.6 Å². The molecule has 3 N–H and O–H groups in total. The van der Waals surface area contributed by atoms with Crippen molar-refractivity contribution in [2.24, 2.45) is 11.8 Å². The standard InChI is InChI=1S/C20H31N3O3/c1-14(2)12-18(13-24)22-20(26)21-17-6-4-16(5-7-17)19(25)23-10-8-15(3)9-11-23/h4-7,14-15,18,24H,8-13H2,1-3H3,(H2,21,22,26). The third kappa shape index (κ3) is 6.02. The zero-order chi connectivity index (χ0) is 19.1. The van der Waals surface area contributed by atoms with E-state index in [1.54, 1.807) is 24.3 Å². The molecule has 0 aromatic heterocycles. The Morgan fingerprint density at radius 3 is 2.35 bits per heavy atom. The van der Waals surface area contributed by atoms with Gasteiger partial charge in [0, 0.05) is 24.3 Å². The van der Waals surface area contributed by atoms with Gasteiger partial charge >= 0.3 is 6.03 Å². The molecule has 2 rings (SSSR count). The summed E-state index contributed by atoms with van der Waals surface area (Å²) in [6.45, 7) is 7.83. The predicted octanol–water partition coefficient (Wildman–Crippen LogP) is 3.09. The van der Waals surface area contributed by atoms with Crippen molar-refractivity contribution in [3.8, 4) is 0 Å². The van der Waals surface area contributed by atoms with Gasteiger partial charge in [0.2, 0.25) is 0 Å². The molecule has 1 unspecified atom stereocenters. The van der Waals surface area contributed by atoms with Gasteiger partial charge in [-0.25, -0.2) is 4.79 Å². The highest BCUT2D eigenvalue weighted by Crippen LogP contribution is 2.19. The van der Waals surface area contributed by atoms with Gasteiger partial charge in [0.15, 0.2) is 0 Å². The predicted molar refractivity (Wildman–Crippen MR) is 103 cm³/mol. The van der Waals surface area contributed by atoms with E-state index in [9.17, 15) is 14.7 Å². The first kappa shape index (κ1) is 20.2. The summed E-state index contributed by atoms with van der Waals surface area (Å²) in [5.41, 5.74) is 1.26. The van der Waals surface area contributed by atoms with E-state index in [1.165, 1.54) is 0 Å². The molecule has 144 valence electrons. The van der Waals surface area contributed by atoms with Gasteiger partial charge in [-0.1, -0.05) is 20.8 Å². The van der Waals surface area contributed by atoms with Gasteiger partial charge in [-0.3, -0.25) is 4.79 Å². The molecule has 6 nitrogen and oxygen atoms in total. The lowest BCUT2D eigenvalue weighted by Crippen LogP contribution is -2.41. The molecule has 1 aromatic rings. The maximum atomic E-state index is 12.5. The van der Waals surface area contributed by atoms with Gasteiger partial charge in [0.25, 0.3) is 5.91 Å². The van der Waals surface area contributed by atoms with Crippen molar-refractivity contribution in [1.82, 2.24) is 10.2 Å². The maximum Gasteiger partial charge on any atom is 0.319 e. The average molecular weight is 361 g/mol. The smallest absolute Gasteiger partial charge is 0.319 e. The Kier molecular flexibility index (Phi) is 7.45. The number of carbonyl (C=O) groups excluding carboxylic acids is 2. The summed E-state index contributed by atoms with van der Waals surface area (Å²) in [4.78, 5) is 26.5. The molecule has 26 heavy (non-hydrogen) atoms. The molecule has 1 atom stereocenters. The van der Waals surface area contributed by atoms with Gasteiger partial charge in [0.1, 0.15) is 0 Å². The van der Waals surface area contributed by atoms with Crippen LogP contribution in [0.15, 0.2) is 24.3 Å². The van der Waals surface area contributed by atoms with Crippen molar-refractivity contribution in [2.75, 3.05) is 25.0 Å². The van der Waals surface area contributed by atoms with E-state index in [0.29, 0.717) is 29.5 Å². The molecule has 0 bridgehead atoms.